The van der Waals surface area contributed by atoms with E-state index >= 15 is 0 Å². The standard InChI is InChI=1S/C13H14N2O3/c1-8-3-4-9(2)12(5-8)18-7-10-6-11(13(16)17)15-14-10/h3-6H,7H2,1-2H3,(H,14,15)(H,16,17). The van der Waals surface area contributed by atoms with Crippen molar-refractivity contribution in [3.05, 3.63) is 46.8 Å². The summed E-state index contributed by atoms with van der Waals surface area (Å²) in [5.74, 6) is -0.259. The van der Waals surface area contributed by atoms with Crippen molar-refractivity contribution >= 4 is 5.97 Å². The Morgan fingerprint density at radius 1 is 1.39 bits per heavy atom. The van der Waals surface area contributed by atoms with E-state index in [1.54, 1.807) is 0 Å². The van der Waals surface area contributed by atoms with Crippen molar-refractivity contribution < 1.29 is 14.6 Å². The third-order valence-electron chi connectivity index (χ3n) is 2.58. The molecule has 1 heterocycles. The minimum absolute atomic E-state index is 0.00503. The molecular weight excluding hydrogens is 232 g/mol. The van der Waals surface area contributed by atoms with E-state index in [4.69, 9.17) is 9.84 Å². The van der Waals surface area contributed by atoms with E-state index in [1.165, 1.54) is 6.07 Å². The van der Waals surface area contributed by atoms with Crippen molar-refractivity contribution in [2.75, 3.05) is 0 Å². The van der Waals surface area contributed by atoms with E-state index < -0.39 is 5.97 Å². The molecule has 0 amide bonds. The molecule has 0 saturated heterocycles. The number of nitrogens with one attached hydrogen (secondary N) is 1. The van der Waals surface area contributed by atoms with Gasteiger partial charge in [0.2, 0.25) is 0 Å². The van der Waals surface area contributed by atoms with Crippen molar-refractivity contribution in [1.82, 2.24) is 10.2 Å². The Balaban J connectivity index is 2.06. The van der Waals surface area contributed by atoms with Gasteiger partial charge >= 0.3 is 5.97 Å². The molecule has 2 aromatic rings. The van der Waals surface area contributed by atoms with Crippen LogP contribution in [-0.4, -0.2) is 21.3 Å². The molecule has 5 nitrogen and oxygen atoms in total. The Morgan fingerprint density at radius 3 is 2.83 bits per heavy atom. The minimum Gasteiger partial charge on any atom is -0.487 e. The van der Waals surface area contributed by atoms with Crippen LogP contribution in [0.1, 0.15) is 27.3 Å². The van der Waals surface area contributed by atoms with Gasteiger partial charge in [-0.25, -0.2) is 4.79 Å². The molecular formula is C13H14N2O3. The number of aromatic amines is 1. The fraction of sp³-hybridized carbons (Fsp3) is 0.231. The molecule has 0 fully saturated rings. The normalized spacial score (nSPS) is 10.3. The second kappa shape index (κ2) is 4.91. The lowest BCUT2D eigenvalue weighted by atomic mass is 10.1. The number of H-pyrrole nitrogens is 1. The molecule has 0 saturated carbocycles. The fourth-order valence-corrected chi connectivity index (χ4v) is 1.56. The highest BCUT2D eigenvalue weighted by atomic mass is 16.5. The van der Waals surface area contributed by atoms with E-state index in [-0.39, 0.29) is 12.3 Å². The zero-order valence-electron chi connectivity index (χ0n) is 10.2. The molecule has 0 spiro atoms. The summed E-state index contributed by atoms with van der Waals surface area (Å²) in [5, 5.41) is 15.0. The number of nitrogens with zero attached hydrogens (tertiary/aromatic N) is 1. The van der Waals surface area contributed by atoms with Crippen LogP contribution in [0.4, 0.5) is 0 Å². The Kier molecular flexibility index (Phi) is 3.32. The minimum atomic E-state index is -1.05. The van der Waals surface area contributed by atoms with Crippen LogP contribution >= 0.6 is 0 Å². The molecule has 0 bridgehead atoms. The summed E-state index contributed by atoms with van der Waals surface area (Å²) in [6.07, 6.45) is 0. The number of ether oxygens (including phenoxy) is 1. The van der Waals surface area contributed by atoms with E-state index in [0.29, 0.717) is 5.69 Å². The summed E-state index contributed by atoms with van der Waals surface area (Å²) >= 11 is 0. The summed E-state index contributed by atoms with van der Waals surface area (Å²) in [7, 11) is 0. The Labute approximate surface area is 104 Å². The molecule has 1 aromatic heterocycles. The van der Waals surface area contributed by atoms with E-state index in [9.17, 15) is 4.79 Å². The van der Waals surface area contributed by atoms with E-state index in [1.807, 2.05) is 32.0 Å². The van der Waals surface area contributed by atoms with Crippen molar-refractivity contribution in [3.8, 4) is 5.75 Å². The first-order valence-corrected chi connectivity index (χ1v) is 5.54. The van der Waals surface area contributed by atoms with E-state index in [2.05, 4.69) is 10.2 Å². The van der Waals surface area contributed by atoms with Crippen molar-refractivity contribution in [1.29, 1.82) is 0 Å². The van der Waals surface area contributed by atoms with Crippen LogP contribution in [0.15, 0.2) is 24.3 Å². The summed E-state index contributed by atoms with van der Waals surface area (Å²) < 4.78 is 5.63. The SMILES string of the molecule is Cc1ccc(C)c(OCc2cc(C(=O)O)n[nH]2)c1. The molecule has 5 heteroatoms. The van der Waals surface area contributed by atoms with Crippen LogP contribution in [0.5, 0.6) is 5.75 Å². The lowest BCUT2D eigenvalue weighted by molar-refractivity contribution is 0.0690. The number of aromatic nitrogens is 2. The lowest BCUT2D eigenvalue weighted by Crippen LogP contribution is -1.98. The fourth-order valence-electron chi connectivity index (χ4n) is 1.56. The second-order valence-electron chi connectivity index (χ2n) is 4.14. The summed E-state index contributed by atoms with van der Waals surface area (Å²) in [6.45, 7) is 4.22. The van der Waals surface area contributed by atoms with Gasteiger partial charge in [0.05, 0.1) is 5.69 Å². The highest BCUT2D eigenvalue weighted by Gasteiger charge is 2.08. The maximum Gasteiger partial charge on any atom is 0.356 e. The average molecular weight is 246 g/mol. The van der Waals surface area contributed by atoms with Gasteiger partial charge in [-0.2, -0.15) is 5.10 Å². The van der Waals surface area contributed by atoms with Crippen LogP contribution in [0.3, 0.4) is 0 Å². The number of aromatic carboxylic acids is 1. The molecule has 1 aromatic carbocycles. The number of rotatable bonds is 4. The molecule has 0 radical (unpaired) electrons. The molecule has 0 aliphatic heterocycles. The molecule has 18 heavy (non-hydrogen) atoms. The van der Waals surface area contributed by atoms with Gasteiger partial charge < -0.3 is 9.84 Å². The highest BCUT2D eigenvalue weighted by molar-refractivity contribution is 5.85. The van der Waals surface area contributed by atoms with Crippen LogP contribution in [0.2, 0.25) is 0 Å². The van der Waals surface area contributed by atoms with Crippen LogP contribution in [0, 0.1) is 13.8 Å². The summed E-state index contributed by atoms with van der Waals surface area (Å²) in [5.41, 5.74) is 2.79. The van der Waals surface area contributed by atoms with E-state index in [0.717, 1.165) is 16.9 Å². The molecule has 2 rings (SSSR count). The molecule has 0 unspecified atom stereocenters. The van der Waals surface area contributed by atoms with Crippen molar-refractivity contribution in [3.63, 3.8) is 0 Å². The number of hydrogen-bond acceptors (Lipinski definition) is 3. The number of carboxylic acids is 1. The van der Waals surface area contributed by atoms with Gasteiger partial charge in [-0.05, 0) is 37.1 Å². The van der Waals surface area contributed by atoms with Gasteiger partial charge in [0.1, 0.15) is 12.4 Å². The Morgan fingerprint density at radius 2 is 2.17 bits per heavy atom. The summed E-state index contributed by atoms with van der Waals surface area (Å²) in [6, 6.07) is 7.42. The van der Waals surface area contributed by atoms with Crippen LogP contribution < -0.4 is 4.74 Å². The third kappa shape index (κ3) is 2.68. The largest absolute Gasteiger partial charge is 0.487 e. The topological polar surface area (TPSA) is 75.2 Å². The molecule has 0 aliphatic rings. The Hall–Kier alpha value is -2.30. The number of benzene rings is 1. The predicted molar refractivity (Wildman–Crippen MR) is 65.8 cm³/mol. The van der Waals surface area contributed by atoms with Gasteiger partial charge in [0.25, 0.3) is 0 Å². The number of carboxylic acid groups (broad SMARTS) is 1. The zero-order valence-corrected chi connectivity index (χ0v) is 10.2. The number of aryl methyl sites for hydroxylation is 2. The van der Waals surface area contributed by atoms with Gasteiger partial charge in [-0.3, -0.25) is 5.10 Å². The number of carbonyl (C=O) groups is 1. The van der Waals surface area contributed by atoms with Gasteiger partial charge in [0.15, 0.2) is 5.69 Å². The first kappa shape index (κ1) is 12.2. The second-order valence-corrected chi connectivity index (χ2v) is 4.14. The van der Waals surface area contributed by atoms with Crippen LogP contribution in [0.25, 0.3) is 0 Å². The monoisotopic (exact) mass is 246 g/mol. The van der Waals surface area contributed by atoms with Crippen LogP contribution in [-0.2, 0) is 6.61 Å². The molecule has 94 valence electrons. The maximum absolute atomic E-state index is 10.7. The van der Waals surface area contributed by atoms with Crippen molar-refractivity contribution in [2.45, 2.75) is 20.5 Å². The molecule has 0 atom stereocenters. The third-order valence-corrected chi connectivity index (χ3v) is 2.58. The predicted octanol–water partition coefficient (Wildman–Crippen LogP) is 2.30. The number of hydrogen-bond donors (Lipinski definition) is 2. The first-order chi connectivity index (χ1) is 8.56. The quantitative estimate of drug-likeness (QED) is 0.868. The zero-order chi connectivity index (χ0) is 13.1. The summed E-state index contributed by atoms with van der Waals surface area (Å²) in [4.78, 5) is 10.7. The smallest absolute Gasteiger partial charge is 0.356 e. The van der Waals surface area contributed by atoms with Gasteiger partial charge in [-0.1, -0.05) is 12.1 Å². The molecule has 0 aliphatic carbocycles. The van der Waals surface area contributed by atoms with Crippen molar-refractivity contribution in [2.24, 2.45) is 0 Å². The highest BCUT2D eigenvalue weighted by Crippen LogP contribution is 2.20. The first-order valence-electron chi connectivity index (χ1n) is 5.54. The van der Waals surface area contributed by atoms with Gasteiger partial charge in [-0.15, -0.1) is 0 Å². The Bertz CT molecular complexity index is 575. The van der Waals surface area contributed by atoms with Gasteiger partial charge in [0, 0.05) is 0 Å². The molecule has 2 N–H and O–H groups in total. The maximum atomic E-state index is 10.7. The lowest BCUT2D eigenvalue weighted by Gasteiger charge is -2.08. The average Bonchev–Trinajstić information content (AvgIpc) is 2.79.